The van der Waals surface area contributed by atoms with Crippen molar-refractivity contribution in [1.29, 1.82) is 0 Å². The average molecular weight is 228 g/mol. The summed E-state index contributed by atoms with van der Waals surface area (Å²) in [6.45, 7) is 5.69. The number of carbonyl (C=O) groups excluding carboxylic acids is 1. The number of methoxy groups -OCH3 is 1. The first kappa shape index (κ1) is 13.5. The van der Waals surface area contributed by atoms with Crippen LogP contribution in [0.3, 0.4) is 0 Å². The molecule has 2 atom stereocenters. The summed E-state index contributed by atoms with van der Waals surface area (Å²) in [6.07, 6.45) is 4.68. The van der Waals surface area contributed by atoms with E-state index < -0.39 is 11.6 Å². The van der Waals surface area contributed by atoms with Crippen LogP contribution in [0.5, 0.6) is 0 Å². The molecule has 0 aromatic carbocycles. The first-order valence-electron chi connectivity index (χ1n) is 6.23. The molecule has 1 aliphatic rings. The molecule has 16 heavy (non-hydrogen) atoms. The fourth-order valence-electron chi connectivity index (χ4n) is 2.58. The molecule has 0 amide bonds. The normalized spacial score (nSPS) is 22.4. The van der Waals surface area contributed by atoms with Gasteiger partial charge in [-0.1, -0.05) is 40.0 Å². The Morgan fingerprint density at radius 2 is 2.00 bits per heavy atom. The van der Waals surface area contributed by atoms with E-state index in [1.165, 1.54) is 26.4 Å². The third kappa shape index (κ3) is 2.40. The average Bonchev–Trinajstić information content (AvgIpc) is 2.20. The highest BCUT2D eigenvalue weighted by Gasteiger charge is 2.46. The van der Waals surface area contributed by atoms with E-state index in [-0.39, 0.29) is 11.8 Å². The van der Waals surface area contributed by atoms with Gasteiger partial charge in [0.05, 0.1) is 7.11 Å². The molecule has 0 bridgehead atoms. The SMILES string of the molecule is COC(=O)C(O)(C(C)C)C(C)CC1CCC1. The Morgan fingerprint density at radius 3 is 2.31 bits per heavy atom. The largest absolute Gasteiger partial charge is 0.467 e. The van der Waals surface area contributed by atoms with Crippen LogP contribution in [0.15, 0.2) is 0 Å². The molecule has 1 saturated carbocycles. The second-order valence-corrected chi connectivity index (χ2v) is 5.41. The van der Waals surface area contributed by atoms with Crippen LogP contribution in [0.25, 0.3) is 0 Å². The highest BCUT2D eigenvalue weighted by atomic mass is 16.5. The standard InChI is InChI=1S/C13H24O3/c1-9(2)13(15,12(14)16-4)10(3)8-11-6-5-7-11/h9-11,15H,5-8H2,1-4H3. The molecule has 0 radical (unpaired) electrons. The van der Waals surface area contributed by atoms with Gasteiger partial charge in [0.2, 0.25) is 0 Å². The maximum atomic E-state index is 11.7. The predicted molar refractivity (Wildman–Crippen MR) is 62.9 cm³/mol. The van der Waals surface area contributed by atoms with E-state index in [4.69, 9.17) is 4.74 Å². The van der Waals surface area contributed by atoms with Crippen molar-refractivity contribution >= 4 is 5.97 Å². The molecule has 0 spiro atoms. The molecule has 1 fully saturated rings. The van der Waals surface area contributed by atoms with Crippen LogP contribution in [0, 0.1) is 17.8 Å². The van der Waals surface area contributed by atoms with Gasteiger partial charge in [0.25, 0.3) is 0 Å². The number of carbonyl (C=O) groups is 1. The van der Waals surface area contributed by atoms with Gasteiger partial charge >= 0.3 is 5.97 Å². The van der Waals surface area contributed by atoms with Gasteiger partial charge in [-0.05, 0) is 24.2 Å². The molecule has 2 unspecified atom stereocenters. The third-order valence-electron chi connectivity index (χ3n) is 4.06. The summed E-state index contributed by atoms with van der Waals surface area (Å²) < 4.78 is 4.74. The molecule has 0 saturated heterocycles. The number of esters is 1. The molecule has 1 aliphatic carbocycles. The molecular formula is C13H24O3. The van der Waals surface area contributed by atoms with Crippen molar-refractivity contribution in [2.45, 2.75) is 52.1 Å². The fourth-order valence-corrected chi connectivity index (χ4v) is 2.58. The molecule has 0 heterocycles. The van der Waals surface area contributed by atoms with Crippen molar-refractivity contribution < 1.29 is 14.6 Å². The van der Waals surface area contributed by atoms with Crippen LogP contribution in [-0.4, -0.2) is 23.8 Å². The fraction of sp³-hybridized carbons (Fsp3) is 0.923. The highest BCUT2D eigenvalue weighted by molar-refractivity contribution is 5.79. The summed E-state index contributed by atoms with van der Waals surface area (Å²) >= 11 is 0. The summed E-state index contributed by atoms with van der Waals surface area (Å²) in [5.74, 6) is 0.0412. The van der Waals surface area contributed by atoms with E-state index in [0.29, 0.717) is 5.92 Å². The first-order valence-corrected chi connectivity index (χ1v) is 6.23. The third-order valence-corrected chi connectivity index (χ3v) is 4.06. The predicted octanol–water partition coefficient (Wildman–Crippen LogP) is 2.37. The number of rotatable bonds is 5. The molecule has 0 aliphatic heterocycles. The summed E-state index contributed by atoms with van der Waals surface area (Å²) in [5.41, 5.74) is -1.33. The Morgan fingerprint density at radius 1 is 1.44 bits per heavy atom. The van der Waals surface area contributed by atoms with Gasteiger partial charge in [-0.25, -0.2) is 4.79 Å². The Hall–Kier alpha value is -0.570. The zero-order valence-electron chi connectivity index (χ0n) is 10.8. The van der Waals surface area contributed by atoms with Crippen LogP contribution in [-0.2, 0) is 9.53 Å². The lowest BCUT2D eigenvalue weighted by atomic mass is 9.71. The zero-order valence-corrected chi connectivity index (χ0v) is 10.8. The Balaban J connectivity index is 2.70. The maximum absolute atomic E-state index is 11.7. The molecule has 0 aromatic rings. The van der Waals surface area contributed by atoms with Crippen LogP contribution in [0.2, 0.25) is 0 Å². The minimum absolute atomic E-state index is 0.0368. The van der Waals surface area contributed by atoms with E-state index >= 15 is 0 Å². The van der Waals surface area contributed by atoms with E-state index in [9.17, 15) is 9.90 Å². The van der Waals surface area contributed by atoms with Crippen molar-refractivity contribution in [1.82, 2.24) is 0 Å². The van der Waals surface area contributed by atoms with Gasteiger partial charge in [0, 0.05) is 0 Å². The lowest BCUT2D eigenvalue weighted by molar-refractivity contribution is -0.176. The van der Waals surface area contributed by atoms with E-state index in [1.54, 1.807) is 0 Å². The Bertz CT molecular complexity index is 246. The monoisotopic (exact) mass is 228 g/mol. The van der Waals surface area contributed by atoms with E-state index in [2.05, 4.69) is 0 Å². The van der Waals surface area contributed by atoms with Crippen molar-refractivity contribution in [2.75, 3.05) is 7.11 Å². The molecule has 3 nitrogen and oxygen atoms in total. The van der Waals surface area contributed by atoms with Gasteiger partial charge in [-0.15, -0.1) is 0 Å². The van der Waals surface area contributed by atoms with E-state index in [1.807, 2.05) is 20.8 Å². The van der Waals surface area contributed by atoms with Crippen LogP contribution in [0.4, 0.5) is 0 Å². The lowest BCUT2D eigenvalue weighted by Crippen LogP contribution is -2.50. The number of hydrogen-bond donors (Lipinski definition) is 1. The number of aliphatic hydroxyl groups is 1. The molecule has 94 valence electrons. The van der Waals surface area contributed by atoms with Crippen molar-refractivity contribution in [2.24, 2.45) is 17.8 Å². The summed E-state index contributed by atoms with van der Waals surface area (Å²) in [7, 11) is 1.34. The highest BCUT2D eigenvalue weighted by Crippen LogP contribution is 2.38. The maximum Gasteiger partial charge on any atom is 0.338 e. The Labute approximate surface area is 98.2 Å². The summed E-state index contributed by atoms with van der Waals surface area (Å²) in [6, 6.07) is 0. The first-order chi connectivity index (χ1) is 7.42. The molecule has 3 heteroatoms. The molecular weight excluding hydrogens is 204 g/mol. The zero-order chi connectivity index (χ0) is 12.3. The smallest absolute Gasteiger partial charge is 0.338 e. The molecule has 1 N–H and O–H groups in total. The minimum atomic E-state index is -1.33. The van der Waals surface area contributed by atoms with E-state index in [0.717, 1.165) is 6.42 Å². The lowest BCUT2D eigenvalue weighted by Gasteiger charge is -2.38. The molecule has 1 rings (SSSR count). The van der Waals surface area contributed by atoms with Crippen LogP contribution >= 0.6 is 0 Å². The number of ether oxygens (including phenoxy) is 1. The van der Waals surface area contributed by atoms with Gasteiger partial charge in [0.15, 0.2) is 5.60 Å². The minimum Gasteiger partial charge on any atom is -0.467 e. The van der Waals surface area contributed by atoms with Crippen molar-refractivity contribution in [3.8, 4) is 0 Å². The van der Waals surface area contributed by atoms with Gasteiger partial charge in [-0.3, -0.25) is 0 Å². The Kier molecular flexibility index (Phi) is 4.36. The van der Waals surface area contributed by atoms with Gasteiger partial charge in [0.1, 0.15) is 0 Å². The summed E-state index contributed by atoms with van der Waals surface area (Å²) in [5, 5.41) is 10.5. The number of hydrogen-bond acceptors (Lipinski definition) is 3. The second kappa shape index (κ2) is 5.17. The van der Waals surface area contributed by atoms with Crippen molar-refractivity contribution in [3.63, 3.8) is 0 Å². The van der Waals surface area contributed by atoms with Crippen LogP contribution < -0.4 is 0 Å². The van der Waals surface area contributed by atoms with Crippen LogP contribution in [0.1, 0.15) is 46.5 Å². The second-order valence-electron chi connectivity index (χ2n) is 5.41. The van der Waals surface area contributed by atoms with Crippen molar-refractivity contribution in [3.05, 3.63) is 0 Å². The quantitative estimate of drug-likeness (QED) is 0.735. The molecule has 0 aromatic heterocycles. The van der Waals surface area contributed by atoms with Gasteiger partial charge < -0.3 is 9.84 Å². The summed E-state index contributed by atoms with van der Waals surface area (Å²) in [4.78, 5) is 11.7. The van der Waals surface area contributed by atoms with Gasteiger partial charge in [-0.2, -0.15) is 0 Å². The topological polar surface area (TPSA) is 46.5 Å².